The van der Waals surface area contributed by atoms with Gasteiger partial charge in [0.05, 0.1) is 13.2 Å². The van der Waals surface area contributed by atoms with Gasteiger partial charge in [0.25, 0.3) is 0 Å². The smallest absolute Gasteiger partial charge is 0.321 e. The molecule has 2 amide bonds. The molecule has 6 heteroatoms. The van der Waals surface area contributed by atoms with Crippen molar-refractivity contribution in [3.63, 3.8) is 0 Å². The van der Waals surface area contributed by atoms with Crippen molar-refractivity contribution in [3.05, 3.63) is 60.4 Å². The van der Waals surface area contributed by atoms with Crippen molar-refractivity contribution in [3.8, 4) is 0 Å². The number of pyridine rings is 1. The lowest BCUT2D eigenvalue weighted by molar-refractivity contribution is 0.0242. The SMILES string of the molecule is O=C(Nc1ccccc1)N1CCC2(CC1)COCCN(Cc1cccnc1)C2. The molecule has 0 bridgehead atoms. The number of para-hydroxylation sites is 1. The fourth-order valence-electron chi connectivity index (χ4n) is 4.18. The maximum atomic E-state index is 12.6. The Morgan fingerprint density at radius 1 is 1.11 bits per heavy atom. The molecule has 1 aromatic carbocycles. The zero-order valence-electron chi connectivity index (χ0n) is 16.2. The number of ether oxygens (including phenoxy) is 1. The summed E-state index contributed by atoms with van der Waals surface area (Å²) in [5, 5.41) is 3.00. The Labute approximate surface area is 166 Å². The third-order valence-corrected chi connectivity index (χ3v) is 5.78. The van der Waals surface area contributed by atoms with Crippen LogP contribution in [0.2, 0.25) is 0 Å². The van der Waals surface area contributed by atoms with Gasteiger partial charge in [-0.25, -0.2) is 4.79 Å². The highest BCUT2D eigenvalue weighted by Crippen LogP contribution is 2.35. The van der Waals surface area contributed by atoms with E-state index in [4.69, 9.17) is 4.74 Å². The highest BCUT2D eigenvalue weighted by atomic mass is 16.5. The van der Waals surface area contributed by atoms with Gasteiger partial charge in [-0.3, -0.25) is 9.88 Å². The number of aromatic nitrogens is 1. The molecule has 0 radical (unpaired) electrons. The number of carbonyl (C=O) groups excluding carboxylic acids is 1. The van der Waals surface area contributed by atoms with Gasteiger partial charge in [-0.1, -0.05) is 24.3 Å². The Bertz CT molecular complexity index is 761. The van der Waals surface area contributed by atoms with E-state index in [1.165, 1.54) is 5.56 Å². The van der Waals surface area contributed by atoms with E-state index >= 15 is 0 Å². The predicted octanol–water partition coefficient (Wildman–Crippen LogP) is 3.23. The van der Waals surface area contributed by atoms with Gasteiger partial charge in [0.15, 0.2) is 0 Å². The number of benzene rings is 1. The van der Waals surface area contributed by atoms with Crippen LogP contribution in [0.5, 0.6) is 0 Å². The van der Waals surface area contributed by atoms with Crippen molar-refractivity contribution in [1.29, 1.82) is 0 Å². The van der Waals surface area contributed by atoms with E-state index in [-0.39, 0.29) is 11.4 Å². The van der Waals surface area contributed by atoms with E-state index in [1.807, 2.05) is 53.7 Å². The van der Waals surface area contributed by atoms with E-state index in [1.54, 1.807) is 0 Å². The monoisotopic (exact) mass is 380 g/mol. The third kappa shape index (κ3) is 4.69. The van der Waals surface area contributed by atoms with Crippen molar-refractivity contribution in [1.82, 2.24) is 14.8 Å². The highest BCUT2D eigenvalue weighted by molar-refractivity contribution is 5.89. The van der Waals surface area contributed by atoms with E-state index in [0.717, 1.165) is 64.5 Å². The third-order valence-electron chi connectivity index (χ3n) is 5.78. The van der Waals surface area contributed by atoms with Crippen molar-refractivity contribution in [2.45, 2.75) is 19.4 Å². The molecule has 0 saturated carbocycles. The van der Waals surface area contributed by atoms with E-state index < -0.39 is 0 Å². The van der Waals surface area contributed by atoms with Gasteiger partial charge in [-0.15, -0.1) is 0 Å². The molecule has 2 aliphatic rings. The zero-order valence-corrected chi connectivity index (χ0v) is 16.2. The summed E-state index contributed by atoms with van der Waals surface area (Å²) in [6.45, 7) is 5.93. The first kappa shape index (κ1) is 18.9. The molecule has 6 nitrogen and oxygen atoms in total. The molecule has 0 atom stereocenters. The van der Waals surface area contributed by atoms with Crippen LogP contribution in [0.25, 0.3) is 0 Å². The topological polar surface area (TPSA) is 57.7 Å². The minimum absolute atomic E-state index is 0.0113. The Hall–Kier alpha value is -2.44. The lowest BCUT2D eigenvalue weighted by Crippen LogP contribution is -2.49. The molecular formula is C22H28N4O2. The number of anilines is 1. The standard InChI is InChI=1S/C22H28N4O2/c27-21(24-20-6-2-1-3-7-20)26-11-8-22(9-12-26)17-25(13-14-28-18-22)16-19-5-4-10-23-15-19/h1-7,10,15H,8-9,11-14,16-18H2,(H,24,27). The molecule has 4 rings (SSSR count). The van der Waals surface area contributed by atoms with Gasteiger partial charge in [0, 0.05) is 56.2 Å². The normalized spacial score (nSPS) is 19.9. The zero-order chi connectivity index (χ0) is 19.2. The number of nitrogens with one attached hydrogen (secondary N) is 1. The molecule has 2 aliphatic heterocycles. The van der Waals surface area contributed by atoms with E-state index in [0.29, 0.717) is 0 Å². The highest BCUT2D eigenvalue weighted by Gasteiger charge is 2.39. The van der Waals surface area contributed by atoms with Gasteiger partial charge < -0.3 is 15.0 Å². The van der Waals surface area contributed by atoms with Crippen LogP contribution in [0.3, 0.4) is 0 Å². The quantitative estimate of drug-likeness (QED) is 0.888. The number of hydrogen-bond acceptors (Lipinski definition) is 4. The largest absolute Gasteiger partial charge is 0.379 e. The maximum Gasteiger partial charge on any atom is 0.321 e. The molecule has 3 heterocycles. The number of likely N-dealkylation sites (tertiary alicyclic amines) is 1. The van der Waals surface area contributed by atoms with Gasteiger partial charge in [0.2, 0.25) is 0 Å². The molecule has 0 unspecified atom stereocenters. The van der Waals surface area contributed by atoms with Crippen LogP contribution in [-0.2, 0) is 11.3 Å². The number of piperidine rings is 1. The van der Waals surface area contributed by atoms with Crippen LogP contribution in [0.4, 0.5) is 10.5 Å². The molecule has 2 saturated heterocycles. The summed E-state index contributed by atoms with van der Waals surface area (Å²) in [6.07, 6.45) is 5.69. The first-order valence-electron chi connectivity index (χ1n) is 10.0. The minimum Gasteiger partial charge on any atom is -0.379 e. The van der Waals surface area contributed by atoms with Crippen molar-refractivity contribution in [2.24, 2.45) is 5.41 Å². The van der Waals surface area contributed by atoms with Gasteiger partial charge in [-0.05, 0) is 36.6 Å². The minimum atomic E-state index is -0.0113. The molecule has 0 aliphatic carbocycles. The summed E-state index contributed by atoms with van der Waals surface area (Å²) >= 11 is 0. The molecule has 148 valence electrons. The van der Waals surface area contributed by atoms with Crippen molar-refractivity contribution in [2.75, 3.05) is 44.7 Å². The Morgan fingerprint density at radius 2 is 1.93 bits per heavy atom. The average molecular weight is 380 g/mol. The second-order valence-corrected chi connectivity index (χ2v) is 7.91. The lowest BCUT2D eigenvalue weighted by atomic mass is 9.78. The number of hydrogen-bond donors (Lipinski definition) is 1. The van der Waals surface area contributed by atoms with Crippen LogP contribution in [0, 0.1) is 5.41 Å². The molecule has 1 N–H and O–H groups in total. The van der Waals surface area contributed by atoms with Gasteiger partial charge in [0.1, 0.15) is 0 Å². The summed E-state index contributed by atoms with van der Waals surface area (Å²) in [4.78, 5) is 21.2. The Morgan fingerprint density at radius 3 is 2.68 bits per heavy atom. The van der Waals surface area contributed by atoms with Crippen LogP contribution in [-0.4, -0.2) is 60.2 Å². The average Bonchev–Trinajstić information content (AvgIpc) is 2.92. The fraction of sp³-hybridized carbons (Fsp3) is 0.455. The Balaban J connectivity index is 1.34. The molecule has 1 spiro atoms. The summed E-state index contributed by atoms with van der Waals surface area (Å²) in [6, 6.07) is 13.7. The summed E-state index contributed by atoms with van der Waals surface area (Å²) in [5.41, 5.74) is 2.20. The molecule has 2 aromatic rings. The summed E-state index contributed by atoms with van der Waals surface area (Å²) in [7, 11) is 0. The molecule has 2 fully saturated rings. The second kappa shape index (κ2) is 8.71. The Kier molecular flexibility index (Phi) is 5.88. The summed E-state index contributed by atoms with van der Waals surface area (Å²) < 4.78 is 5.97. The molecule has 1 aromatic heterocycles. The van der Waals surface area contributed by atoms with Gasteiger partial charge in [-0.2, -0.15) is 0 Å². The van der Waals surface area contributed by atoms with Gasteiger partial charge >= 0.3 is 6.03 Å². The van der Waals surface area contributed by atoms with E-state index in [2.05, 4.69) is 21.3 Å². The maximum absolute atomic E-state index is 12.6. The van der Waals surface area contributed by atoms with Crippen LogP contribution in [0.15, 0.2) is 54.9 Å². The predicted molar refractivity (Wildman–Crippen MR) is 109 cm³/mol. The van der Waals surface area contributed by atoms with Crippen LogP contribution < -0.4 is 5.32 Å². The fourth-order valence-corrected chi connectivity index (χ4v) is 4.18. The molecular weight excluding hydrogens is 352 g/mol. The number of amides is 2. The van der Waals surface area contributed by atoms with E-state index in [9.17, 15) is 4.79 Å². The van der Waals surface area contributed by atoms with Crippen molar-refractivity contribution < 1.29 is 9.53 Å². The number of rotatable bonds is 3. The first-order valence-corrected chi connectivity index (χ1v) is 10.0. The summed E-state index contributed by atoms with van der Waals surface area (Å²) in [5.74, 6) is 0. The second-order valence-electron chi connectivity index (χ2n) is 7.91. The van der Waals surface area contributed by atoms with Crippen molar-refractivity contribution >= 4 is 11.7 Å². The number of nitrogens with zero attached hydrogens (tertiary/aromatic N) is 3. The van der Waals surface area contributed by atoms with Crippen LogP contribution in [0.1, 0.15) is 18.4 Å². The van der Waals surface area contributed by atoms with Crippen LogP contribution >= 0.6 is 0 Å². The first-order chi connectivity index (χ1) is 13.7. The lowest BCUT2D eigenvalue weighted by Gasteiger charge is -2.42. The number of urea groups is 1. The number of carbonyl (C=O) groups is 1. The molecule has 28 heavy (non-hydrogen) atoms.